The number of aryl methyl sites for hydroxylation is 1. The molecule has 0 saturated heterocycles. The molecule has 0 fully saturated rings. The highest BCUT2D eigenvalue weighted by atomic mass is 32.2. The van der Waals surface area contributed by atoms with Crippen molar-refractivity contribution in [2.75, 3.05) is 19.4 Å². The average molecular weight is 347 g/mol. The number of nitrogens with zero attached hydrogens (tertiary/aromatic N) is 2. The highest BCUT2D eigenvalue weighted by Gasteiger charge is 2.20. The number of nitriles is 1. The molecule has 0 aliphatic rings. The number of hydrogen-bond acceptors (Lipinski definition) is 4. The molecule has 2 aromatic carbocycles. The zero-order valence-corrected chi connectivity index (χ0v) is 14.5. The van der Waals surface area contributed by atoms with E-state index in [9.17, 15) is 12.8 Å². The van der Waals surface area contributed by atoms with Crippen LogP contribution in [0.3, 0.4) is 0 Å². The lowest BCUT2D eigenvalue weighted by atomic mass is 10.1. The van der Waals surface area contributed by atoms with Crippen LogP contribution >= 0.6 is 0 Å². The van der Waals surface area contributed by atoms with Gasteiger partial charge in [0.2, 0.25) is 10.0 Å². The molecule has 2 aromatic rings. The van der Waals surface area contributed by atoms with Gasteiger partial charge in [-0.1, -0.05) is 18.2 Å². The summed E-state index contributed by atoms with van der Waals surface area (Å²) < 4.78 is 39.8. The van der Waals surface area contributed by atoms with Gasteiger partial charge in [0.25, 0.3) is 0 Å². The second-order valence-electron chi connectivity index (χ2n) is 5.51. The maximum atomic E-state index is 14.0. The standard InChI is InChI=1S/C17H18FN3O2S/c1-12-7-8-15(9-16(12)24(22,23)21(2)3)20-11-14-6-4-5-13(10-19)17(14)18/h4-9,20H,11H2,1-3H3. The molecular weight excluding hydrogens is 329 g/mol. The van der Waals surface area contributed by atoms with E-state index < -0.39 is 15.8 Å². The second-order valence-corrected chi connectivity index (χ2v) is 7.63. The topological polar surface area (TPSA) is 73.2 Å². The van der Waals surface area contributed by atoms with Crippen LogP contribution in [0.25, 0.3) is 0 Å². The van der Waals surface area contributed by atoms with Crippen LogP contribution < -0.4 is 5.32 Å². The van der Waals surface area contributed by atoms with Gasteiger partial charge < -0.3 is 5.32 Å². The minimum atomic E-state index is -3.56. The molecule has 0 aromatic heterocycles. The van der Waals surface area contributed by atoms with E-state index >= 15 is 0 Å². The number of nitrogens with one attached hydrogen (secondary N) is 1. The van der Waals surface area contributed by atoms with E-state index in [2.05, 4.69) is 5.32 Å². The maximum absolute atomic E-state index is 14.0. The van der Waals surface area contributed by atoms with Crippen LogP contribution in [0.4, 0.5) is 10.1 Å². The highest BCUT2D eigenvalue weighted by molar-refractivity contribution is 7.89. The molecule has 0 radical (unpaired) electrons. The first kappa shape index (κ1) is 17.9. The van der Waals surface area contributed by atoms with Crippen LogP contribution in [-0.4, -0.2) is 26.8 Å². The quantitative estimate of drug-likeness (QED) is 0.903. The lowest BCUT2D eigenvalue weighted by Crippen LogP contribution is -2.23. The van der Waals surface area contributed by atoms with Crippen molar-refractivity contribution < 1.29 is 12.8 Å². The number of benzene rings is 2. The zero-order chi connectivity index (χ0) is 17.9. The lowest BCUT2D eigenvalue weighted by molar-refractivity contribution is 0.520. The normalized spacial score (nSPS) is 11.3. The summed E-state index contributed by atoms with van der Waals surface area (Å²) in [6, 6.07) is 11.3. The van der Waals surface area contributed by atoms with Crippen molar-refractivity contribution in [3.63, 3.8) is 0 Å². The van der Waals surface area contributed by atoms with Gasteiger partial charge in [-0.2, -0.15) is 5.26 Å². The first-order valence-electron chi connectivity index (χ1n) is 7.22. The van der Waals surface area contributed by atoms with Crippen molar-refractivity contribution >= 4 is 15.7 Å². The molecule has 0 unspecified atom stereocenters. The van der Waals surface area contributed by atoms with Crippen molar-refractivity contribution in [2.45, 2.75) is 18.4 Å². The van der Waals surface area contributed by atoms with Crippen molar-refractivity contribution in [3.8, 4) is 6.07 Å². The Balaban J connectivity index is 2.28. The first-order chi connectivity index (χ1) is 11.3. The molecule has 1 N–H and O–H groups in total. The van der Waals surface area contributed by atoms with E-state index in [1.165, 1.54) is 26.2 Å². The summed E-state index contributed by atoms with van der Waals surface area (Å²) in [7, 11) is -0.616. The molecule has 0 aliphatic heterocycles. The second kappa shape index (κ2) is 6.99. The van der Waals surface area contributed by atoms with Crippen LogP contribution in [0.2, 0.25) is 0 Å². The molecule has 126 valence electrons. The van der Waals surface area contributed by atoms with Crippen LogP contribution in [-0.2, 0) is 16.6 Å². The van der Waals surface area contributed by atoms with Crippen LogP contribution in [0.5, 0.6) is 0 Å². The van der Waals surface area contributed by atoms with Gasteiger partial charge in [0.1, 0.15) is 11.9 Å². The van der Waals surface area contributed by atoms with E-state index in [0.29, 0.717) is 16.8 Å². The molecule has 0 atom stereocenters. The molecule has 0 amide bonds. The minimum Gasteiger partial charge on any atom is -0.381 e. The lowest BCUT2D eigenvalue weighted by Gasteiger charge is -2.15. The summed E-state index contributed by atoms with van der Waals surface area (Å²) in [4.78, 5) is 0.198. The molecule has 0 saturated carbocycles. The Kier molecular flexibility index (Phi) is 5.22. The average Bonchev–Trinajstić information content (AvgIpc) is 2.54. The molecule has 5 nitrogen and oxygen atoms in total. The van der Waals surface area contributed by atoms with Gasteiger partial charge >= 0.3 is 0 Å². The SMILES string of the molecule is Cc1ccc(NCc2cccc(C#N)c2F)cc1S(=O)(=O)N(C)C. The summed E-state index contributed by atoms with van der Waals surface area (Å²) in [5.41, 5.74) is 1.51. The number of rotatable bonds is 5. The molecule has 0 bridgehead atoms. The van der Waals surface area contributed by atoms with E-state index in [-0.39, 0.29) is 17.0 Å². The van der Waals surface area contributed by atoms with Gasteiger partial charge in [-0.05, 0) is 30.7 Å². The van der Waals surface area contributed by atoms with Gasteiger partial charge in [0.15, 0.2) is 0 Å². The van der Waals surface area contributed by atoms with E-state index in [0.717, 1.165) is 4.31 Å². The predicted molar refractivity (Wildman–Crippen MR) is 90.5 cm³/mol. The van der Waals surface area contributed by atoms with Crippen LogP contribution in [0.15, 0.2) is 41.3 Å². The predicted octanol–water partition coefficient (Wildman–Crippen LogP) is 2.87. The van der Waals surface area contributed by atoms with Crippen LogP contribution in [0, 0.1) is 24.1 Å². The highest BCUT2D eigenvalue weighted by Crippen LogP contribution is 2.23. The van der Waals surface area contributed by atoms with Crippen molar-refractivity contribution in [1.82, 2.24) is 4.31 Å². The van der Waals surface area contributed by atoms with Gasteiger partial charge in [-0.3, -0.25) is 0 Å². The molecule has 7 heteroatoms. The number of hydrogen-bond donors (Lipinski definition) is 1. The Morgan fingerprint density at radius 2 is 1.96 bits per heavy atom. The van der Waals surface area contributed by atoms with Crippen molar-refractivity contribution in [1.29, 1.82) is 5.26 Å². The summed E-state index contributed by atoms with van der Waals surface area (Å²) in [5.74, 6) is -0.569. The Morgan fingerprint density at radius 1 is 1.25 bits per heavy atom. The number of anilines is 1. The molecule has 0 heterocycles. The third kappa shape index (κ3) is 3.55. The van der Waals surface area contributed by atoms with E-state index in [1.54, 1.807) is 37.3 Å². The smallest absolute Gasteiger partial charge is 0.242 e. The number of sulfonamides is 1. The summed E-state index contributed by atoms with van der Waals surface area (Å²) in [6.45, 7) is 1.86. The fourth-order valence-corrected chi connectivity index (χ4v) is 3.33. The summed E-state index contributed by atoms with van der Waals surface area (Å²) >= 11 is 0. The Labute approximate surface area is 141 Å². The van der Waals surface area contributed by atoms with Crippen LogP contribution in [0.1, 0.15) is 16.7 Å². The number of halogens is 1. The Morgan fingerprint density at radius 3 is 2.58 bits per heavy atom. The van der Waals surface area contributed by atoms with Gasteiger partial charge in [0, 0.05) is 31.9 Å². The fraction of sp³-hybridized carbons (Fsp3) is 0.235. The van der Waals surface area contributed by atoms with Crippen molar-refractivity contribution in [2.24, 2.45) is 0 Å². The molecule has 0 aliphatic carbocycles. The monoisotopic (exact) mass is 347 g/mol. The summed E-state index contributed by atoms with van der Waals surface area (Å²) in [5, 5.41) is 11.9. The maximum Gasteiger partial charge on any atom is 0.242 e. The van der Waals surface area contributed by atoms with Gasteiger partial charge in [0.05, 0.1) is 10.5 Å². The molecule has 24 heavy (non-hydrogen) atoms. The van der Waals surface area contributed by atoms with Crippen molar-refractivity contribution in [3.05, 3.63) is 58.9 Å². The molecular formula is C17H18FN3O2S. The largest absolute Gasteiger partial charge is 0.381 e. The van der Waals surface area contributed by atoms with E-state index in [4.69, 9.17) is 5.26 Å². The third-order valence-corrected chi connectivity index (χ3v) is 5.59. The van der Waals surface area contributed by atoms with E-state index in [1.807, 2.05) is 0 Å². The first-order valence-corrected chi connectivity index (χ1v) is 8.66. The van der Waals surface area contributed by atoms with Gasteiger partial charge in [-0.25, -0.2) is 17.1 Å². The molecule has 0 spiro atoms. The fourth-order valence-electron chi connectivity index (χ4n) is 2.18. The Hall–Kier alpha value is -2.43. The third-order valence-electron chi connectivity index (χ3n) is 3.63. The zero-order valence-electron chi connectivity index (χ0n) is 13.7. The summed E-state index contributed by atoms with van der Waals surface area (Å²) in [6.07, 6.45) is 0. The molecule has 2 rings (SSSR count). The minimum absolute atomic E-state index is 0.0194. The van der Waals surface area contributed by atoms with Gasteiger partial charge in [-0.15, -0.1) is 0 Å². The Bertz CT molecular complexity index is 903.